The highest BCUT2D eigenvalue weighted by Gasteiger charge is 2.06. The maximum absolute atomic E-state index is 6.07. The van der Waals surface area contributed by atoms with Crippen molar-refractivity contribution < 1.29 is 0 Å². The Balaban J connectivity index is 2.26. The second-order valence-corrected chi connectivity index (χ2v) is 4.46. The van der Waals surface area contributed by atoms with E-state index in [0.29, 0.717) is 22.5 Å². The number of halogens is 3. The van der Waals surface area contributed by atoms with Crippen LogP contribution < -0.4 is 0 Å². The van der Waals surface area contributed by atoms with Crippen molar-refractivity contribution in [1.29, 1.82) is 0 Å². The van der Waals surface area contributed by atoms with Gasteiger partial charge in [0, 0.05) is 27.4 Å². The molecule has 0 fully saturated rings. The summed E-state index contributed by atoms with van der Waals surface area (Å²) in [6.07, 6.45) is 3.62. The molecule has 16 heavy (non-hydrogen) atoms. The van der Waals surface area contributed by atoms with Crippen molar-refractivity contribution in [3.05, 3.63) is 51.8 Å². The molecule has 0 N–H and O–H groups in total. The Morgan fingerprint density at radius 2 is 1.88 bits per heavy atom. The van der Waals surface area contributed by atoms with E-state index < -0.39 is 0 Å². The van der Waals surface area contributed by atoms with Crippen LogP contribution in [0, 0.1) is 0 Å². The second-order valence-electron chi connectivity index (χ2n) is 3.38. The van der Waals surface area contributed by atoms with Crippen LogP contribution in [0.5, 0.6) is 0 Å². The summed E-state index contributed by atoms with van der Waals surface area (Å²) in [5.74, 6) is 0.455. The topological polar surface area (TPSA) is 17.8 Å². The molecule has 0 radical (unpaired) electrons. The zero-order chi connectivity index (χ0) is 11.5. The van der Waals surface area contributed by atoms with Gasteiger partial charge in [-0.3, -0.25) is 4.68 Å². The predicted molar refractivity (Wildman–Crippen MR) is 67.3 cm³/mol. The Kier molecular flexibility index (Phi) is 3.74. The first kappa shape index (κ1) is 11.8. The van der Waals surface area contributed by atoms with E-state index in [1.54, 1.807) is 10.9 Å². The largest absolute Gasteiger partial charge is 0.268 e. The fourth-order valence-electron chi connectivity index (χ4n) is 1.41. The lowest BCUT2D eigenvalue weighted by atomic mass is 10.2. The molecule has 0 unspecified atom stereocenters. The van der Waals surface area contributed by atoms with Crippen molar-refractivity contribution in [2.45, 2.75) is 12.4 Å². The molecule has 2 aromatic rings. The molecule has 0 aliphatic carbocycles. The van der Waals surface area contributed by atoms with Gasteiger partial charge in [-0.05, 0) is 12.1 Å². The summed E-state index contributed by atoms with van der Waals surface area (Å²) < 4.78 is 1.77. The first-order chi connectivity index (χ1) is 7.70. The van der Waals surface area contributed by atoms with Crippen LogP contribution in [-0.4, -0.2) is 9.78 Å². The molecule has 1 aromatic heterocycles. The lowest BCUT2D eigenvalue weighted by molar-refractivity contribution is 0.686. The van der Waals surface area contributed by atoms with Gasteiger partial charge < -0.3 is 0 Å². The monoisotopic (exact) mass is 274 g/mol. The van der Waals surface area contributed by atoms with Crippen molar-refractivity contribution in [2.75, 3.05) is 0 Å². The fourth-order valence-corrected chi connectivity index (χ4v) is 2.06. The van der Waals surface area contributed by atoms with Gasteiger partial charge in [-0.2, -0.15) is 5.10 Å². The number of benzene rings is 1. The Morgan fingerprint density at radius 1 is 1.19 bits per heavy atom. The summed E-state index contributed by atoms with van der Waals surface area (Å²) in [5.41, 5.74) is 1.85. The highest BCUT2D eigenvalue weighted by atomic mass is 35.5. The molecule has 84 valence electrons. The Morgan fingerprint density at radius 3 is 2.44 bits per heavy atom. The molecular weight excluding hydrogens is 266 g/mol. The van der Waals surface area contributed by atoms with E-state index in [1.165, 1.54) is 0 Å². The minimum Gasteiger partial charge on any atom is -0.268 e. The van der Waals surface area contributed by atoms with Crippen molar-refractivity contribution in [3.8, 4) is 0 Å². The molecule has 0 saturated heterocycles. The minimum atomic E-state index is 0.455. The van der Waals surface area contributed by atoms with E-state index in [1.807, 2.05) is 24.4 Å². The summed E-state index contributed by atoms with van der Waals surface area (Å²) in [4.78, 5) is 0. The molecule has 0 amide bonds. The summed E-state index contributed by atoms with van der Waals surface area (Å²) in [6.45, 7) is 0.551. The van der Waals surface area contributed by atoms with E-state index in [4.69, 9.17) is 34.8 Å². The van der Waals surface area contributed by atoms with Gasteiger partial charge in [0.1, 0.15) is 0 Å². The second kappa shape index (κ2) is 5.09. The van der Waals surface area contributed by atoms with Gasteiger partial charge >= 0.3 is 0 Å². The number of alkyl halides is 1. The van der Waals surface area contributed by atoms with Gasteiger partial charge in [-0.15, -0.1) is 11.6 Å². The highest BCUT2D eigenvalue weighted by Crippen LogP contribution is 2.24. The first-order valence-corrected chi connectivity index (χ1v) is 6.00. The van der Waals surface area contributed by atoms with Crippen LogP contribution in [0.25, 0.3) is 0 Å². The highest BCUT2D eigenvalue weighted by molar-refractivity contribution is 6.35. The summed E-state index contributed by atoms with van der Waals surface area (Å²) >= 11 is 17.8. The molecule has 0 atom stereocenters. The van der Waals surface area contributed by atoms with Crippen LogP contribution in [0.2, 0.25) is 10.0 Å². The van der Waals surface area contributed by atoms with E-state index >= 15 is 0 Å². The van der Waals surface area contributed by atoms with Gasteiger partial charge in [-0.25, -0.2) is 0 Å². The number of hydrogen-bond donors (Lipinski definition) is 0. The molecule has 0 aliphatic rings. The minimum absolute atomic E-state index is 0.455. The molecule has 0 saturated carbocycles. The lowest BCUT2D eigenvalue weighted by Crippen LogP contribution is -2.01. The third-order valence-corrected chi connectivity index (χ3v) is 3.24. The molecule has 0 spiro atoms. The molecule has 0 aliphatic heterocycles. The SMILES string of the molecule is ClCc1cnn(Cc2c(Cl)cccc2Cl)c1. The van der Waals surface area contributed by atoms with E-state index in [9.17, 15) is 0 Å². The molecule has 5 heteroatoms. The average Bonchev–Trinajstić information content (AvgIpc) is 2.71. The van der Waals surface area contributed by atoms with Crippen molar-refractivity contribution in [3.63, 3.8) is 0 Å². The third-order valence-electron chi connectivity index (χ3n) is 2.22. The van der Waals surface area contributed by atoms with Crippen LogP contribution in [0.15, 0.2) is 30.6 Å². The lowest BCUT2D eigenvalue weighted by Gasteiger charge is -2.06. The quantitative estimate of drug-likeness (QED) is 0.775. The number of aromatic nitrogens is 2. The number of rotatable bonds is 3. The molecule has 0 bridgehead atoms. The fraction of sp³-hybridized carbons (Fsp3) is 0.182. The standard InChI is InChI=1S/C11H9Cl3N2/c12-4-8-5-15-16(6-8)7-9-10(13)2-1-3-11(9)14/h1-3,5-6H,4,7H2. The van der Waals surface area contributed by atoms with Gasteiger partial charge in [0.15, 0.2) is 0 Å². The van der Waals surface area contributed by atoms with Crippen LogP contribution in [0.4, 0.5) is 0 Å². The maximum Gasteiger partial charge on any atom is 0.0688 e. The van der Waals surface area contributed by atoms with Gasteiger partial charge in [0.05, 0.1) is 18.6 Å². The number of hydrogen-bond acceptors (Lipinski definition) is 1. The normalized spacial score (nSPS) is 10.7. The molecule has 2 rings (SSSR count). The van der Waals surface area contributed by atoms with E-state index in [0.717, 1.165) is 11.1 Å². The first-order valence-electron chi connectivity index (χ1n) is 4.71. The van der Waals surface area contributed by atoms with Gasteiger partial charge in [-0.1, -0.05) is 29.3 Å². The molecule has 2 nitrogen and oxygen atoms in total. The average molecular weight is 276 g/mol. The van der Waals surface area contributed by atoms with Crippen LogP contribution in [-0.2, 0) is 12.4 Å². The smallest absolute Gasteiger partial charge is 0.0688 e. The zero-order valence-electron chi connectivity index (χ0n) is 8.33. The van der Waals surface area contributed by atoms with Crippen molar-refractivity contribution in [1.82, 2.24) is 9.78 Å². The zero-order valence-corrected chi connectivity index (χ0v) is 10.6. The summed E-state index contributed by atoms with van der Waals surface area (Å²) in [5, 5.41) is 5.48. The Bertz CT molecular complexity index is 473. The Labute approximate surface area is 109 Å². The van der Waals surface area contributed by atoms with Gasteiger partial charge in [0.25, 0.3) is 0 Å². The third kappa shape index (κ3) is 2.51. The van der Waals surface area contributed by atoms with Crippen LogP contribution in [0.3, 0.4) is 0 Å². The molecular formula is C11H9Cl3N2. The van der Waals surface area contributed by atoms with Crippen molar-refractivity contribution in [2.24, 2.45) is 0 Å². The predicted octanol–water partition coefficient (Wildman–Crippen LogP) is 3.98. The van der Waals surface area contributed by atoms with E-state index in [2.05, 4.69) is 5.10 Å². The summed E-state index contributed by atoms with van der Waals surface area (Å²) in [7, 11) is 0. The molecule has 1 heterocycles. The van der Waals surface area contributed by atoms with Crippen molar-refractivity contribution >= 4 is 34.8 Å². The van der Waals surface area contributed by atoms with Gasteiger partial charge in [0.2, 0.25) is 0 Å². The van der Waals surface area contributed by atoms with Crippen LogP contribution in [0.1, 0.15) is 11.1 Å². The molecule has 1 aromatic carbocycles. The van der Waals surface area contributed by atoms with Crippen LogP contribution >= 0.6 is 34.8 Å². The van der Waals surface area contributed by atoms with E-state index in [-0.39, 0.29) is 0 Å². The Hall–Kier alpha value is -0.700. The maximum atomic E-state index is 6.07. The number of nitrogens with zero attached hydrogens (tertiary/aromatic N) is 2. The summed E-state index contributed by atoms with van der Waals surface area (Å²) in [6, 6.07) is 5.45.